The highest BCUT2D eigenvalue weighted by molar-refractivity contribution is 6.00. The van der Waals surface area contributed by atoms with Crippen LogP contribution in [0.25, 0.3) is 0 Å². The van der Waals surface area contributed by atoms with Gasteiger partial charge in [0.1, 0.15) is 11.6 Å². The van der Waals surface area contributed by atoms with Crippen molar-refractivity contribution in [3.05, 3.63) is 0 Å². The summed E-state index contributed by atoms with van der Waals surface area (Å²) in [5.41, 5.74) is -2.87. The van der Waals surface area contributed by atoms with E-state index in [1.54, 1.807) is 0 Å². The minimum absolute atomic E-state index is 0.0701. The summed E-state index contributed by atoms with van der Waals surface area (Å²) < 4.78 is 0. The molecule has 0 spiro atoms. The normalized spacial score (nSPS) is 42.6. The molecule has 0 aliphatic heterocycles. The van der Waals surface area contributed by atoms with Crippen LogP contribution in [0.1, 0.15) is 80.1 Å². The minimum atomic E-state index is -0.644. The maximum atomic E-state index is 13.1. The number of ketones is 2. The summed E-state index contributed by atoms with van der Waals surface area (Å²) in [7, 11) is 0. The van der Waals surface area contributed by atoms with Gasteiger partial charge >= 0.3 is 0 Å². The van der Waals surface area contributed by atoms with Gasteiger partial charge in [-0.1, -0.05) is 41.5 Å². The summed E-state index contributed by atoms with van der Waals surface area (Å²) in [4.78, 5) is 51.4. The Morgan fingerprint density at radius 3 is 1.23 bits per heavy atom. The van der Waals surface area contributed by atoms with Gasteiger partial charge in [-0.05, 0) is 36.5 Å². The summed E-state index contributed by atoms with van der Waals surface area (Å²) in [6.45, 7) is 12.8. The summed E-state index contributed by atoms with van der Waals surface area (Å²) in [6.07, 6.45) is 3.61. The van der Waals surface area contributed by atoms with Gasteiger partial charge in [-0.25, -0.2) is 0 Å². The van der Waals surface area contributed by atoms with E-state index >= 15 is 0 Å². The first-order valence-corrected chi connectivity index (χ1v) is 11.4. The van der Waals surface area contributed by atoms with Crippen LogP contribution in [-0.4, -0.2) is 36.5 Å². The summed E-state index contributed by atoms with van der Waals surface area (Å²) in [5.74, 6) is 0.246. The number of rotatable bonds is 5. The van der Waals surface area contributed by atoms with E-state index in [9.17, 15) is 19.2 Å². The molecule has 4 aliphatic rings. The Labute approximate surface area is 179 Å². The van der Waals surface area contributed by atoms with Crippen molar-refractivity contribution in [3.8, 4) is 0 Å². The SMILES string of the molecule is CC12CCC(C(=O)NCCNC(=O)C34CCC(C)(C(=O)C3)C4(C)C)(CC1=O)C2(C)C. The van der Waals surface area contributed by atoms with E-state index in [1.807, 2.05) is 41.5 Å². The molecule has 4 unspecified atom stereocenters. The van der Waals surface area contributed by atoms with Gasteiger partial charge in [0.25, 0.3) is 0 Å². The zero-order chi connectivity index (χ0) is 22.4. The van der Waals surface area contributed by atoms with Crippen LogP contribution in [0.3, 0.4) is 0 Å². The highest BCUT2D eigenvalue weighted by Gasteiger charge is 2.73. The first kappa shape index (κ1) is 21.5. The molecule has 166 valence electrons. The Kier molecular flexibility index (Phi) is 4.26. The van der Waals surface area contributed by atoms with Crippen molar-refractivity contribution < 1.29 is 19.2 Å². The third-order valence-corrected chi connectivity index (χ3v) is 11.0. The van der Waals surface area contributed by atoms with Gasteiger partial charge in [0.2, 0.25) is 11.8 Å². The predicted octanol–water partition coefficient (Wildman–Crippen LogP) is 2.79. The highest BCUT2D eigenvalue weighted by Crippen LogP contribution is 2.71. The van der Waals surface area contributed by atoms with Crippen LogP contribution in [-0.2, 0) is 19.2 Å². The van der Waals surface area contributed by atoms with E-state index in [2.05, 4.69) is 10.6 Å². The molecule has 2 amide bonds. The van der Waals surface area contributed by atoms with E-state index in [1.165, 1.54) is 0 Å². The van der Waals surface area contributed by atoms with Gasteiger partial charge in [-0.2, -0.15) is 0 Å². The number of carbonyl (C=O) groups is 4. The zero-order valence-electron chi connectivity index (χ0n) is 19.3. The van der Waals surface area contributed by atoms with Crippen molar-refractivity contribution in [1.29, 1.82) is 0 Å². The fraction of sp³-hybridized carbons (Fsp3) is 0.833. The Hall–Kier alpha value is -1.72. The van der Waals surface area contributed by atoms with Crippen molar-refractivity contribution in [2.75, 3.05) is 13.1 Å². The smallest absolute Gasteiger partial charge is 0.227 e. The summed E-state index contributed by atoms with van der Waals surface area (Å²) in [6, 6.07) is 0. The van der Waals surface area contributed by atoms with Crippen molar-refractivity contribution in [1.82, 2.24) is 10.6 Å². The molecule has 4 aliphatic carbocycles. The van der Waals surface area contributed by atoms with Crippen LogP contribution in [0.4, 0.5) is 0 Å². The molecule has 0 saturated heterocycles. The molecule has 0 aromatic carbocycles. The molecular formula is C24H36N2O4. The second-order valence-electron chi connectivity index (χ2n) is 11.8. The van der Waals surface area contributed by atoms with Crippen LogP contribution >= 0.6 is 0 Å². The standard InChI is InChI=1S/C24H36N2O4/c1-19(2)21(5)7-9-23(19,13-15(21)27)17(29)25-11-12-26-18(30)24-10-8-22(6,16(28)14-24)20(24,3)4/h7-14H2,1-6H3,(H,25,29)(H,26,30). The number of Topliss-reactive ketones (excluding diaryl/α,β-unsaturated/α-hetero) is 2. The van der Waals surface area contributed by atoms with Crippen molar-refractivity contribution in [2.24, 2.45) is 32.5 Å². The molecule has 6 heteroatoms. The molecule has 4 atom stereocenters. The number of fused-ring (bicyclic) bond motifs is 4. The van der Waals surface area contributed by atoms with Gasteiger partial charge in [0.15, 0.2) is 0 Å². The zero-order valence-corrected chi connectivity index (χ0v) is 19.3. The third kappa shape index (κ3) is 2.11. The van der Waals surface area contributed by atoms with Gasteiger partial charge in [-0.3, -0.25) is 19.2 Å². The molecule has 0 radical (unpaired) electrons. The lowest BCUT2D eigenvalue weighted by atomic mass is 9.64. The molecule has 4 fully saturated rings. The second-order valence-corrected chi connectivity index (χ2v) is 11.8. The van der Waals surface area contributed by atoms with E-state index in [0.717, 1.165) is 25.7 Å². The first-order valence-electron chi connectivity index (χ1n) is 11.4. The van der Waals surface area contributed by atoms with Crippen LogP contribution < -0.4 is 10.6 Å². The topological polar surface area (TPSA) is 92.3 Å². The maximum absolute atomic E-state index is 13.1. The lowest BCUT2D eigenvalue weighted by molar-refractivity contribution is -0.138. The predicted molar refractivity (Wildman–Crippen MR) is 112 cm³/mol. The maximum Gasteiger partial charge on any atom is 0.227 e. The first-order chi connectivity index (χ1) is 13.7. The molecule has 4 rings (SSSR count). The molecule has 0 heterocycles. The lowest BCUT2D eigenvalue weighted by Crippen LogP contribution is -2.50. The average Bonchev–Trinajstić information content (AvgIpc) is 3.13. The highest BCUT2D eigenvalue weighted by atomic mass is 16.2. The van der Waals surface area contributed by atoms with Crippen LogP contribution in [0, 0.1) is 32.5 Å². The number of hydrogen-bond donors (Lipinski definition) is 2. The summed E-state index contributed by atoms with van der Waals surface area (Å²) >= 11 is 0. The monoisotopic (exact) mass is 416 g/mol. The molecule has 2 N–H and O–H groups in total. The van der Waals surface area contributed by atoms with E-state index in [4.69, 9.17) is 0 Å². The minimum Gasteiger partial charge on any atom is -0.354 e. The van der Waals surface area contributed by atoms with Crippen LogP contribution in [0.15, 0.2) is 0 Å². The second kappa shape index (κ2) is 5.95. The molecule has 4 bridgehead atoms. The van der Waals surface area contributed by atoms with E-state index in [-0.39, 0.29) is 34.2 Å². The number of nitrogens with one attached hydrogen (secondary N) is 2. The fourth-order valence-corrected chi connectivity index (χ4v) is 7.41. The Morgan fingerprint density at radius 1 is 0.667 bits per heavy atom. The molecule has 30 heavy (non-hydrogen) atoms. The van der Waals surface area contributed by atoms with Crippen LogP contribution in [0.5, 0.6) is 0 Å². The van der Waals surface area contributed by atoms with Gasteiger partial charge < -0.3 is 10.6 Å². The molecule has 0 aromatic rings. The van der Waals surface area contributed by atoms with E-state index < -0.39 is 21.7 Å². The lowest BCUT2D eigenvalue weighted by Gasteiger charge is -2.39. The Morgan fingerprint density at radius 2 is 1.00 bits per heavy atom. The molecular weight excluding hydrogens is 380 g/mol. The van der Waals surface area contributed by atoms with E-state index in [0.29, 0.717) is 25.9 Å². The number of amides is 2. The number of hydrogen-bond acceptors (Lipinski definition) is 4. The summed E-state index contributed by atoms with van der Waals surface area (Å²) in [5, 5.41) is 5.97. The average molecular weight is 417 g/mol. The van der Waals surface area contributed by atoms with Crippen LogP contribution in [0.2, 0.25) is 0 Å². The molecule has 6 nitrogen and oxygen atoms in total. The quantitative estimate of drug-likeness (QED) is 0.674. The Balaban J connectivity index is 1.37. The Bertz CT molecular complexity index is 791. The van der Waals surface area contributed by atoms with Crippen molar-refractivity contribution in [2.45, 2.75) is 80.1 Å². The van der Waals surface area contributed by atoms with Gasteiger partial charge in [0, 0.05) is 36.8 Å². The molecule has 0 aromatic heterocycles. The van der Waals surface area contributed by atoms with Gasteiger partial charge in [-0.15, -0.1) is 0 Å². The number of carbonyl (C=O) groups excluding carboxylic acids is 4. The van der Waals surface area contributed by atoms with Gasteiger partial charge in [0.05, 0.1) is 10.8 Å². The van der Waals surface area contributed by atoms with Crippen molar-refractivity contribution >= 4 is 23.4 Å². The molecule has 4 saturated carbocycles. The third-order valence-electron chi connectivity index (χ3n) is 11.0. The fourth-order valence-electron chi connectivity index (χ4n) is 7.41. The largest absolute Gasteiger partial charge is 0.354 e. The van der Waals surface area contributed by atoms with Crippen molar-refractivity contribution in [3.63, 3.8) is 0 Å².